The largest absolute Gasteiger partial charge is 0.492 e. The third-order valence-corrected chi connectivity index (χ3v) is 3.94. The maximum atomic E-state index is 13.7. The van der Waals surface area contributed by atoms with Crippen LogP contribution in [0.3, 0.4) is 0 Å². The molecule has 5 nitrogen and oxygen atoms in total. The number of halogens is 1. The van der Waals surface area contributed by atoms with Crippen molar-refractivity contribution in [3.8, 4) is 5.75 Å². The number of para-hydroxylation sites is 3. The zero-order chi connectivity index (χ0) is 19.9. The number of hydrogen-bond donors (Lipinski definition) is 2. The zero-order valence-electron chi connectivity index (χ0n) is 15.2. The van der Waals surface area contributed by atoms with E-state index in [-0.39, 0.29) is 17.2 Å². The molecule has 0 aliphatic heterocycles. The lowest BCUT2D eigenvalue weighted by Gasteiger charge is -2.12. The summed E-state index contributed by atoms with van der Waals surface area (Å²) in [5, 5.41) is 5.28. The van der Waals surface area contributed by atoms with Crippen molar-refractivity contribution in [1.82, 2.24) is 0 Å². The SMILES string of the molecule is CCOc1ccccc1NC(=O)c1cccc(C(=O)Nc2ccccc2F)c1. The van der Waals surface area contributed by atoms with Crippen LogP contribution in [-0.2, 0) is 0 Å². The quantitative estimate of drug-likeness (QED) is 0.652. The summed E-state index contributed by atoms with van der Waals surface area (Å²) < 4.78 is 19.2. The van der Waals surface area contributed by atoms with Gasteiger partial charge in [0.05, 0.1) is 18.0 Å². The highest BCUT2D eigenvalue weighted by molar-refractivity contribution is 6.09. The Bertz CT molecular complexity index is 1000. The fourth-order valence-corrected chi connectivity index (χ4v) is 2.60. The summed E-state index contributed by atoms with van der Waals surface area (Å²) in [6.07, 6.45) is 0. The van der Waals surface area contributed by atoms with Crippen molar-refractivity contribution in [2.75, 3.05) is 17.2 Å². The minimum absolute atomic E-state index is 0.0768. The number of carbonyl (C=O) groups is 2. The van der Waals surface area contributed by atoms with Crippen molar-refractivity contribution in [1.29, 1.82) is 0 Å². The minimum atomic E-state index is -0.530. The van der Waals surface area contributed by atoms with Gasteiger partial charge in [0.1, 0.15) is 11.6 Å². The lowest BCUT2D eigenvalue weighted by Crippen LogP contribution is -2.16. The smallest absolute Gasteiger partial charge is 0.255 e. The van der Waals surface area contributed by atoms with Crippen molar-refractivity contribution < 1.29 is 18.7 Å². The first kappa shape index (κ1) is 19.1. The van der Waals surface area contributed by atoms with Gasteiger partial charge in [0.2, 0.25) is 0 Å². The van der Waals surface area contributed by atoms with Crippen LogP contribution in [0, 0.1) is 5.82 Å². The summed E-state index contributed by atoms with van der Waals surface area (Å²) in [5.41, 5.74) is 1.16. The molecular weight excluding hydrogens is 359 g/mol. The number of carbonyl (C=O) groups excluding carboxylic acids is 2. The lowest BCUT2D eigenvalue weighted by molar-refractivity contribution is 0.102. The first-order chi connectivity index (χ1) is 13.6. The number of benzene rings is 3. The highest BCUT2D eigenvalue weighted by atomic mass is 19.1. The normalized spacial score (nSPS) is 10.2. The van der Waals surface area contributed by atoms with Gasteiger partial charge >= 0.3 is 0 Å². The molecule has 0 bridgehead atoms. The van der Waals surface area contributed by atoms with Crippen LogP contribution in [0.25, 0.3) is 0 Å². The molecule has 0 unspecified atom stereocenters. The second-order valence-corrected chi connectivity index (χ2v) is 5.90. The summed E-state index contributed by atoms with van der Waals surface area (Å²) in [7, 11) is 0. The molecule has 6 heteroatoms. The average Bonchev–Trinajstić information content (AvgIpc) is 2.71. The van der Waals surface area contributed by atoms with E-state index >= 15 is 0 Å². The molecule has 0 heterocycles. The van der Waals surface area contributed by atoms with Crippen LogP contribution < -0.4 is 15.4 Å². The van der Waals surface area contributed by atoms with Gasteiger partial charge in [0.15, 0.2) is 0 Å². The van der Waals surface area contributed by atoms with Crippen LogP contribution in [0.5, 0.6) is 5.75 Å². The molecule has 0 aliphatic carbocycles. The molecule has 142 valence electrons. The molecule has 0 aromatic heterocycles. The summed E-state index contributed by atoms with van der Waals surface area (Å²) >= 11 is 0. The van der Waals surface area contributed by atoms with Gasteiger partial charge in [-0.15, -0.1) is 0 Å². The van der Waals surface area contributed by atoms with Gasteiger partial charge in [-0.2, -0.15) is 0 Å². The Kier molecular flexibility index (Phi) is 6.01. The maximum Gasteiger partial charge on any atom is 0.255 e. The van der Waals surface area contributed by atoms with E-state index in [0.717, 1.165) is 0 Å². The molecule has 3 rings (SSSR count). The number of ether oxygens (including phenoxy) is 1. The molecule has 0 radical (unpaired) electrons. The van der Waals surface area contributed by atoms with E-state index in [9.17, 15) is 14.0 Å². The second-order valence-electron chi connectivity index (χ2n) is 5.90. The fourth-order valence-electron chi connectivity index (χ4n) is 2.60. The molecule has 0 atom stereocenters. The average molecular weight is 378 g/mol. The number of anilines is 2. The van der Waals surface area contributed by atoms with Crippen molar-refractivity contribution in [2.24, 2.45) is 0 Å². The molecule has 0 saturated heterocycles. The predicted octanol–water partition coefficient (Wildman–Crippen LogP) is 4.73. The Morgan fingerprint density at radius 1 is 0.821 bits per heavy atom. The Morgan fingerprint density at radius 2 is 1.39 bits per heavy atom. The van der Waals surface area contributed by atoms with Gasteiger partial charge in [-0.25, -0.2) is 4.39 Å². The van der Waals surface area contributed by atoms with Gasteiger partial charge < -0.3 is 15.4 Å². The van der Waals surface area contributed by atoms with Crippen molar-refractivity contribution in [2.45, 2.75) is 6.92 Å². The highest BCUT2D eigenvalue weighted by Gasteiger charge is 2.14. The van der Waals surface area contributed by atoms with E-state index in [1.54, 1.807) is 42.5 Å². The van der Waals surface area contributed by atoms with Gasteiger partial charge in [0.25, 0.3) is 11.8 Å². The molecule has 3 aromatic rings. The van der Waals surface area contributed by atoms with E-state index in [0.29, 0.717) is 23.6 Å². The molecule has 0 fully saturated rings. The molecule has 28 heavy (non-hydrogen) atoms. The summed E-state index contributed by atoms with van der Waals surface area (Å²) in [6, 6.07) is 19.2. The Morgan fingerprint density at radius 3 is 2.04 bits per heavy atom. The van der Waals surface area contributed by atoms with Crippen LogP contribution >= 0.6 is 0 Å². The zero-order valence-corrected chi connectivity index (χ0v) is 15.2. The van der Waals surface area contributed by atoms with Crippen molar-refractivity contribution in [3.05, 3.63) is 89.7 Å². The Hall–Kier alpha value is -3.67. The van der Waals surface area contributed by atoms with Crippen molar-refractivity contribution >= 4 is 23.2 Å². The molecule has 2 amide bonds. The predicted molar refractivity (Wildman–Crippen MR) is 106 cm³/mol. The Balaban J connectivity index is 1.76. The second kappa shape index (κ2) is 8.81. The molecule has 0 aliphatic rings. The topological polar surface area (TPSA) is 67.4 Å². The number of nitrogens with one attached hydrogen (secondary N) is 2. The van der Waals surface area contributed by atoms with Crippen LogP contribution in [0.15, 0.2) is 72.8 Å². The first-order valence-corrected chi connectivity index (χ1v) is 8.77. The van der Waals surface area contributed by atoms with Crippen LogP contribution in [0.1, 0.15) is 27.6 Å². The summed E-state index contributed by atoms with van der Waals surface area (Å²) in [5.74, 6) is -0.855. The Labute approximate surface area is 162 Å². The summed E-state index contributed by atoms with van der Waals surface area (Å²) in [6.45, 7) is 2.33. The third kappa shape index (κ3) is 4.54. The maximum absolute atomic E-state index is 13.7. The number of rotatable bonds is 6. The van der Waals surface area contributed by atoms with Crippen LogP contribution in [0.4, 0.5) is 15.8 Å². The van der Waals surface area contributed by atoms with Gasteiger partial charge in [-0.05, 0) is 49.4 Å². The summed E-state index contributed by atoms with van der Waals surface area (Å²) in [4.78, 5) is 25.0. The van der Waals surface area contributed by atoms with Crippen LogP contribution in [-0.4, -0.2) is 18.4 Å². The van der Waals surface area contributed by atoms with Crippen LogP contribution in [0.2, 0.25) is 0 Å². The number of amides is 2. The van der Waals surface area contributed by atoms with E-state index in [1.165, 1.54) is 24.3 Å². The third-order valence-electron chi connectivity index (χ3n) is 3.94. The molecular formula is C22H19FN2O3. The van der Waals surface area contributed by atoms with Gasteiger partial charge in [-0.3, -0.25) is 9.59 Å². The minimum Gasteiger partial charge on any atom is -0.492 e. The first-order valence-electron chi connectivity index (χ1n) is 8.77. The van der Waals surface area contributed by atoms with E-state index in [1.807, 2.05) is 13.0 Å². The molecule has 3 aromatic carbocycles. The molecule has 2 N–H and O–H groups in total. The van der Waals surface area contributed by atoms with Gasteiger partial charge in [0, 0.05) is 11.1 Å². The fraction of sp³-hybridized carbons (Fsp3) is 0.0909. The lowest BCUT2D eigenvalue weighted by atomic mass is 10.1. The highest BCUT2D eigenvalue weighted by Crippen LogP contribution is 2.24. The van der Waals surface area contributed by atoms with Gasteiger partial charge in [-0.1, -0.05) is 30.3 Å². The van der Waals surface area contributed by atoms with E-state index in [2.05, 4.69) is 10.6 Å². The van der Waals surface area contributed by atoms with E-state index in [4.69, 9.17) is 4.74 Å². The number of hydrogen-bond acceptors (Lipinski definition) is 3. The monoisotopic (exact) mass is 378 g/mol. The van der Waals surface area contributed by atoms with E-state index < -0.39 is 11.7 Å². The standard InChI is InChI=1S/C22H19FN2O3/c1-2-28-20-13-6-5-12-19(20)25-22(27)16-9-7-8-15(14-16)21(26)24-18-11-4-3-10-17(18)23/h3-14H,2H2,1H3,(H,24,26)(H,25,27). The molecule has 0 saturated carbocycles. The molecule has 0 spiro atoms. The van der Waals surface area contributed by atoms with Crippen molar-refractivity contribution in [3.63, 3.8) is 0 Å².